The molecule has 0 bridgehead atoms. The van der Waals surface area contributed by atoms with Crippen LogP contribution in [0.25, 0.3) is 0 Å². The topological polar surface area (TPSA) is 110 Å². The molecule has 1 aromatic carbocycles. The maximum atomic E-state index is 11.6. The first-order valence-corrected chi connectivity index (χ1v) is 8.66. The lowest BCUT2D eigenvalue weighted by molar-refractivity contribution is -0.137. The monoisotopic (exact) mass is 373 g/mol. The van der Waals surface area contributed by atoms with Crippen molar-refractivity contribution >= 4 is 12.0 Å². The van der Waals surface area contributed by atoms with E-state index in [1.165, 1.54) is 0 Å². The number of benzene rings is 1. The van der Waals surface area contributed by atoms with Crippen molar-refractivity contribution in [3.05, 3.63) is 48.2 Å². The van der Waals surface area contributed by atoms with E-state index in [2.05, 4.69) is 15.6 Å². The molecule has 0 radical (unpaired) electrons. The summed E-state index contributed by atoms with van der Waals surface area (Å²) in [5.74, 6) is 0.768. The number of carbonyl (C=O) groups is 2. The molecule has 1 heterocycles. The zero-order valence-corrected chi connectivity index (χ0v) is 15.1. The Morgan fingerprint density at radius 1 is 1.11 bits per heavy atom. The number of amides is 2. The lowest BCUT2D eigenvalue weighted by Crippen LogP contribution is -2.35. The van der Waals surface area contributed by atoms with E-state index < -0.39 is 5.97 Å². The minimum absolute atomic E-state index is 0.0259. The van der Waals surface area contributed by atoms with Gasteiger partial charge in [0.15, 0.2) is 11.5 Å². The number of pyridine rings is 1. The molecule has 8 nitrogen and oxygen atoms in total. The normalized spacial score (nSPS) is 10.1. The zero-order valence-electron chi connectivity index (χ0n) is 15.1. The molecule has 2 rings (SSSR count). The summed E-state index contributed by atoms with van der Waals surface area (Å²) in [4.78, 5) is 26.3. The molecule has 0 saturated heterocycles. The SMILES string of the molecule is CCOc1ccccc1Oc1ccc(CNC(=O)NCCCC(=O)O)cn1. The summed E-state index contributed by atoms with van der Waals surface area (Å²) in [5, 5.41) is 13.8. The van der Waals surface area contributed by atoms with Crippen LogP contribution >= 0.6 is 0 Å². The van der Waals surface area contributed by atoms with Crippen LogP contribution in [-0.4, -0.2) is 35.2 Å². The number of carboxylic acids is 1. The fourth-order valence-corrected chi connectivity index (χ4v) is 2.18. The van der Waals surface area contributed by atoms with Gasteiger partial charge in [-0.25, -0.2) is 9.78 Å². The molecule has 0 unspecified atom stereocenters. The molecule has 0 aliphatic carbocycles. The number of hydrogen-bond acceptors (Lipinski definition) is 5. The Morgan fingerprint density at radius 3 is 2.56 bits per heavy atom. The van der Waals surface area contributed by atoms with Crippen LogP contribution in [-0.2, 0) is 11.3 Å². The summed E-state index contributed by atoms with van der Waals surface area (Å²) in [5.41, 5.74) is 0.807. The van der Waals surface area contributed by atoms with Crippen molar-refractivity contribution in [1.82, 2.24) is 15.6 Å². The second kappa shape index (κ2) is 10.6. The van der Waals surface area contributed by atoms with Gasteiger partial charge in [0.05, 0.1) is 6.61 Å². The van der Waals surface area contributed by atoms with Crippen molar-refractivity contribution < 1.29 is 24.2 Å². The van der Waals surface area contributed by atoms with Crippen molar-refractivity contribution in [2.75, 3.05) is 13.2 Å². The van der Waals surface area contributed by atoms with Crippen molar-refractivity contribution in [2.24, 2.45) is 0 Å². The van der Waals surface area contributed by atoms with Crippen LogP contribution in [0.4, 0.5) is 4.79 Å². The Balaban J connectivity index is 1.80. The van der Waals surface area contributed by atoms with Gasteiger partial charge in [0, 0.05) is 31.8 Å². The summed E-state index contributed by atoms with van der Waals surface area (Å²) in [6, 6.07) is 10.5. The number of urea groups is 1. The highest BCUT2D eigenvalue weighted by atomic mass is 16.5. The highest BCUT2D eigenvalue weighted by Gasteiger charge is 2.07. The number of ether oxygens (including phenoxy) is 2. The van der Waals surface area contributed by atoms with Crippen LogP contribution < -0.4 is 20.1 Å². The molecule has 0 spiro atoms. The Bertz CT molecular complexity index is 749. The minimum Gasteiger partial charge on any atom is -0.490 e. The maximum absolute atomic E-state index is 11.6. The highest BCUT2D eigenvalue weighted by Crippen LogP contribution is 2.30. The number of nitrogens with one attached hydrogen (secondary N) is 2. The molecule has 144 valence electrons. The molecule has 0 fully saturated rings. The predicted octanol–water partition coefficient (Wildman–Crippen LogP) is 2.94. The number of hydrogen-bond donors (Lipinski definition) is 3. The first-order chi connectivity index (χ1) is 13.1. The number of para-hydroxylation sites is 2. The van der Waals surface area contributed by atoms with Gasteiger partial charge in [-0.1, -0.05) is 18.2 Å². The number of nitrogens with zero attached hydrogens (tertiary/aromatic N) is 1. The highest BCUT2D eigenvalue weighted by molar-refractivity contribution is 5.73. The van der Waals surface area contributed by atoms with Gasteiger partial charge in [-0.2, -0.15) is 0 Å². The summed E-state index contributed by atoms with van der Waals surface area (Å²) in [7, 11) is 0. The molecule has 2 amide bonds. The van der Waals surface area contributed by atoms with E-state index in [-0.39, 0.29) is 12.5 Å². The van der Waals surface area contributed by atoms with Gasteiger partial charge in [-0.15, -0.1) is 0 Å². The van der Waals surface area contributed by atoms with Gasteiger partial charge in [0.2, 0.25) is 5.88 Å². The van der Waals surface area contributed by atoms with Crippen LogP contribution in [0.15, 0.2) is 42.6 Å². The molecule has 8 heteroatoms. The molecule has 1 aromatic heterocycles. The van der Waals surface area contributed by atoms with Crippen LogP contribution in [0.3, 0.4) is 0 Å². The van der Waals surface area contributed by atoms with E-state index in [9.17, 15) is 9.59 Å². The second-order valence-electron chi connectivity index (χ2n) is 5.59. The third-order valence-corrected chi connectivity index (χ3v) is 3.47. The van der Waals surface area contributed by atoms with Crippen LogP contribution in [0.5, 0.6) is 17.4 Å². The Morgan fingerprint density at radius 2 is 1.89 bits per heavy atom. The van der Waals surface area contributed by atoms with Gasteiger partial charge >= 0.3 is 12.0 Å². The number of aromatic nitrogens is 1. The summed E-state index contributed by atoms with van der Waals surface area (Å²) in [6.07, 6.45) is 2.03. The van der Waals surface area contributed by atoms with Crippen molar-refractivity contribution in [3.8, 4) is 17.4 Å². The lowest BCUT2D eigenvalue weighted by Gasteiger charge is -2.11. The first-order valence-electron chi connectivity index (χ1n) is 8.66. The van der Waals surface area contributed by atoms with E-state index in [4.69, 9.17) is 14.6 Å². The van der Waals surface area contributed by atoms with E-state index in [0.29, 0.717) is 43.5 Å². The summed E-state index contributed by atoms with van der Waals surface area (Å²) >= 11 is 0. The molecular weight excluding hydrogens is 350 g/mol. The molecule has 27 heavy (non-hydrogen) atoms. The molecule has 0 aliphatic rings. The van der Waals surface area contributed by atoms with Crippen LogP contribution in [0.1, 0.15) is 25.3 Å². The summed E-state index contributed by atoms with van der Waals surface area (Å²) in [6.45, 7) is 3.05. The Kier molecular flexibility index (Phi) is 7.90. The average Bonchev–Trinajstić information content (AvgIpc) is 2.66. The second-order valence-corrected chi connectivity index (χ2v) is 5.59. The average molecular weight is 373 g/mol. The van der Waals surface area contributed by atoms with Gasteiger partial charge in [-0.05, 0) is 31.0 Å². The van der Waals surface area contributed by atoms with Crippen molar-refractivity contribution in [3.63, 3.8) is 0 Å². The first kappa shape index (κ1) is 20.0. The molecule has 0 saturated carbocycles. The van der Waals surface area contributed by atoms with Gasteiger partial charge < -0.3 is 25.2 Å². The van der Waals surface area contributed by atoms with Gasteiger partial charge in [-0.3, -0.25) is 4.79 Å². The fourth-order valence-electron chi connectivity index (χ4n) is 2.18. The van der Waals surface area contributed by atoms with Crippen LogP contribution in [0.2, 0.25) is 0 Å². The molecule has 3 N–H and O–H groups in total. The molecule has 0 aliphatic heterocycles. The number of aliphatic carboxylic acids is 1. The standard InChI is InChI=1S/C19H23N3O5/c1-2-26-15-6-3-4-7-16(15)27-17-10-9-14(12-21-17)13-22-19(25)20-11-5-8-18(23)24/h3-4,6-7,9-10,12H,2,5,8,11,13H2,1H3,(H,23,24)(H2,20,22,25). The summed E-state index contributed by atoms with van der Waals surface area (Å²) < 4.78 is 11.3. The van der Waals surface area contributed by atoms with Gasteiger partial charge in [0.1, 0.15) is 0 Å². The largest absolute Gasteiger partial charge is 0.490 e. The molecule has 0 atom stereocenters. The number of carbonyl (C=O) groups excluding carboxylic acids is 1. The lowest BCUT2D eigenvalue weighted by atomic mass is 10.3. The Labute approximate surface area is 157 Å². The Hall–Kier alpha value is -3.29. The maximum Gasteiger partial charge on any atom is 0.315 e. The zero-order chi connectivity index (χ0) is 19.5. The van der Waals surface area contributed by atoms with Crippen molar-refractivity contribution in [2.45, 2.75) is 26.3 Å². The third kappa shape index (κ3) is 7.23. The van der Waals surface area contributed by atoms with E-state index in [1.807, 2.05) is 25.1 Å². The van der Waals surface area contributed by atoms with Crippen LogP contribution in [0, 0.1) is 0 Å². The van der Waals surface area contributed by atoms with E-state index in [0.717, 1.165) is 5.56 Å². The quantitative estimate of drug-likeness (QED) is 0.553. The predicted molar refractivity (Wildman–Crippen MR) is 99.0 cm³/mol. The number of rotatable bonds is 10. The molecule has 2 aromatic rings. The number of carboxylic acid groups (broad SMARTS) is 1. The van der Waals surface area contributed by atoms with Gasteiger partial charge in [0.25, 0.3) is 0 Å². The van der Waals surface area contributed by atoms with Crippen molar-refractivity contribution in [1.29, 1.82) is 0 Å². The third-order valence-electron chi connectivity index (χ3n) is 3.47. The fraction of sp³-hybridized carbons (Fsp3) is 0.316. The van der Waals surface area contributed by atoms with E-state index >= 15 is 0 Å². The smallest absolute Gasteiger partial charge is 0.315 e. The van der Waals surface area contributed by atoms with E-state index in [1.54, 1.807) is 24.4 Å². The minimum atomic E-state index is -0.880. The molecular formula is C19H23N3O5.